The smallest absolute Gasteiger partial charge is 0.325 e. The van der Waals surface area contributed by atoms with E-state index in [1.807, 2.05) is 0 Å². The van der Waals surface area contributed by atoms with E-state index >= 15 is 0 Å². The largest absolute Gasteiger partial charge is 0.468 e. The molecule has 0 bridgehead atoms. The van der Waals surface area contributed by atoms with Crippen LogP contribution in [0.2, 0.25) is 5.02 Å². The lowest BCUT2D eigenvalue weighted by molar-refractivity contribution is -0.139. The number of aliphatic imine (C=N–C) groups is 1. The molecule has 1 aliphatic rings. The van der Waals surface area contributed by atoms with Crippen molar-refractivity contribution < 1.29 is 27.5 Å². The van der Waals surface area contributed by atoms with Crippen LogP contribution in [0.25, 0.3) is 6.08 Å². The third kappa shape index (κ3) is 9.14. The number of sulfonamides is 1. The number of hydrogen-bond acceptors (Lipinski definition) is 7. The second-order valence-corrected chi connectivity index (χ2v) is 12.4. The van der Waals surface area contributed by atoms with Gasteiger partial charge in [0.1, 0.15) is 6.54 Å². The molecular weight excluding hydrogens is 620 g/mol. The van der Waals surface area contributed by atoms with Crippen molar-refractivity contribution in [2.24, 2.45) is 16.5 Å². The van der Waals surface area contributed by atoms with Crippen LogP contribution in [-0.4, -0.2) is 74.2 Å². The van der Waals surface area contributed by atoms with Gasteiger partial charge in [0.15, 0.2) is 5.96 Å². The average molecular weight is 653 g/mol. The number of nitrogens with one attached hydrogen (secondary N) is 1. The number of carbonyl (C=O) groups is 3. The molecule has 3 aromatic rings. The first-order valence-electron chi connectivity index (χ1n) is 13.8. The summed E-state index contributed by atoms with van der Waals surface area (Å²) in [7, 11) is -2.55. The first kappa shape index (κ1) is 33.2. The predicted octanol–water partition coefficient (Wildman–Crippen LogP) is 2.87. The van der Waals surface area contributed by atoms with E-state index in [9.17, 15) is 22.8 Å². The van der Waals surface area contributed by atoms with Gasteiger partial charge in [-0.15, -0.1) is 0 Å². The molecule has 236 valence electrons. The fraction of sp³-hybridized carbons (Fsp3) is 0.226. The van der Waals surface area contributed by atoms with Gasteiger partial charge in [-0.25, -0.2) is 13.4 Å². The van der Waals surface area contributed by atoms with E-state index in [1.54, 1.807) is 77.7 Å². The second kappa shape index (κ2) is 14.8. The van der Waals surface area contributed by atoms with Crippen LogP contribution in [0.1, 0.15) is 38.3 Å². The number of esters is 1. The highest BCUT2D eigenvalue weighted by atomic mass is 35.5. The molecule has 1 saturated heterocycles. The first-order valence-corrected chi connectivity index (χ1v) is 15.7. The normalized spacial score (nSPS) is 15.0. The van der Waals surface area contributed by atoms with Crippen LogP contribution in [0.5, 0.6) is 0 Å². The van der Waals surface area contributed by atoms with E-state index in [1.165, 1.54) is 17.5 Å². The molecule has 0 spiro atoms. The van der Waals surface area contributed by atoms with Gasteiger partial charge >= 0.3 is 5.97 Å². The number of nitrogens with two attached hydrogens (primary N) is 2. The van der Waals surface area contributed by atoms with E-state index < -0.39 is 27.9 Å². The highest BCUT2D eigenvalue weighted by Gasteiger charge is 2.35. The summed E-state index contributed by atoms with van der Waals surface area (Å²) in [5.74, 6) is -1.46. The number of rotatable bonds is 11. The standard InChI is InChI=1S/C31H33ClN6O6S/c1-44-28(39)18-35-29(40)23-6-2-22(3-7-23)19-38(30(41)24-8-12-26(13-9-24)36-31(33)34)27-14-16-37(20-27)45(42,43)17-15-21-4-10-25(32)11-5-21/h2-13,15,17,27H,14,16,18-20H2,1H3,(H,35,40)(H4,33,34,36)/b17-15+. The molecule has 1 fully saturated rings. The van der Waals surface area contributed by atoms with E-state index in [0.717, 1.165) is 5.41 Å². The van der Waals surface area contributed by atoms with Crippen LogP contribution < -0.4 is 16.8 Å². The Labute approximate surface area is 266 Å². The maximum atomic E-state index is 13.9. The zero-order valence-electron chi connectivity index (χ0n) is 24.4. The third-order valence-electron chi connectivity index (χ3n) is 7.05. The number of amides is 2. The molecule has 45 heavy (non-hydrogen) atoms. The number of nitrogens with zero attached hydrogens (tertiary/aromatic N) is 3. The molecule has 0 aliphatic carbocycles. The first-order chi connectivity index (χ1) is 21.4. The van der Waals surface area contributed by atoms with Crippen molar-refractivity contribution in [1.29, 1.82) is 0 Å². The van der Waals surface area contributed by atoms with Crippen molar-refractivity contribution in [3.05, 3.63) is 105 Å². The van der Waals surface area contributed by atoms with Crippen LogP contribution in [0.3, 0.4) is 0 Å². The number of halogens is 1. The van der Waals surface area contributed by atoms with E-state index in [-0.39, 0.29) is 38.0 Å². The van der Waals surface area contributed by atoms with Gasteiger partial charge < -0.3 is 26.4 Å². The fourth-order valence-corrected chi connectivity index (χ4v) is 6.03. The Morgan fingerprint density at radius 1 is 1.02 bits per heavy atom. The summed E-state index contributed by atoms with van der Waals surface area (Å²) in [5.41, 5.74) is 13.5. The summed E-state index contributed by atoms with van der Waals surface area (Å²) >= 11 is 5.92. The van der Waals surface area contributed by atoms with Crippen LogP contribution in [-0.2, 0) is 26.1 Å². The number of guanidine groups is 1. The van der Waals surface area contributed by atoms with E-state index in [2.05, 4.69) is 15.0 Å². The SMILES string of the molecule is COC(=O)CNC(=O)c1ccc(CN(C(=O)c2ccc(N=C(N)N)cc2)C2CCN(S(=O)(=O)/C=C/c3ccc(Cl)cc3)C2)cc1. The summed E-state index contributed by atoms with van der Waals surface area (Å²) in [6, 6.07) is 19.3. The van der Waals surface area contributed by atoms with Gasteiger partial charge in [-0.3, -0.25) is 14.4 Å². The van der Waals surface area contributed by atoms with E-state index in [4.69, 9.17) is 23.1 Å². The Morgan fingerprint density at radius 3 is 2.29 bits per heavy atom. The molecule has 1 heterocycles. The molecule has 0 aromatic heterocycles. The Balaban J connectivity index is 1.54. The lowest BCUT2D eigenvalue weighted by atomic mass is 10.1. The molecule has 1 atom stereocenters. The minimum absolute atomic E-state index is 0.0964. The van der Waals surface area contributed by atoms with Gasteiger partial charge in [0, 0.05) is 47.2 Å². The van der Waals surface area contributed by atoms with Gasteiger partial charge in [0.25, 0.3) is 11.8 Å². The Bertz CT molecular complexity index is 1690. The van der Waals surface area contributed by atoms with Crippen molar-refractivity contribution >= 4 is 57.1 Å². The topological polar surface area (TPSA) is 177 Å². The van der Waals surface area contributed by atoms with Crippen molar-refractivity contribution in [2.45, 2.75) is 19.0 Å². The molecule has 5 N–H and O–H groups in total. The van der Waals surface area contributed by atoms with Gasteiger partial charge in [-0.1, -0.05) is 35.9 Å². The van der Waals surface area contributed by atoms with Crippen LogP contribution >= 0.6 is 11.6 Å². The minimum Gasteiger partial charge on any atom is -0.468 e. The minimum atomic E-state index is -3.78. The molecule has 2 amide bonds. The Kier molecular flexibility index (Phi) is 10.9. The zero-order chi connectivity index (χ0) is 32.6. The third-order valence-corrected chi connectivity index (χ3v) is 8.84. The number of hydrogen-bond donors (Lipinski definition) is 3. The monoisotopic (exact) mass is 652 g/mol. The Hall–Kier alpha value is -4.72. The highest BCUT2D eigenvalue weighted by molar-refractivity contribution is 7.92. The molecular formula is C31H33ClN6O6S. The molecule has 4 rings (SSSR count). The van der Waals surface area contributed by atoms with Gasteiger partial charge in [-0.05, 0) is 72.2 Å². The molecule has 0 radical (unpaired) electrons. The van der Waals surface area contributed by atoms with Crippen LogP contribution in [0.4, 0.5) is 5.69 Å². The average Bonchev–Trinajstić information content (AvgIpc) is 3.53. The number of ether oxygens (including phenoxy) is 1. The molecule has 12 nitrogen and oxygen atoms in total. The van der Waals surface area contributed by atoms with E-state index in [0.29, 0.717) is 39.4 Å². The summed E-state index contributed by atoms with van der Waals surface area (Å²) in [6.45, 7) is 0.207. The van der Waals surface area contributed by atoms with Crippen molar-refractivity contribution in [3.63, 3.8) is 0 Å². The summed E-state index contributed by atoms with van der Waals surface area (Å²) in [4.78, 5) is 43.2. The van der Waals surface area contributed by atoms with Crippen molar-refractivity contribution in [2.75, 3.05) is 26.7 Å². The van der Waals surface area contributed by atoms with Crippen LogP contribution in [0.15, 0.2) is 83.2 Å². The predicted molar refractivity (Wildman–Crippen MR) is 172 cm³/mol. The van der Waals surface area contributed by atoms with Gasteiger partial charge in [0.2, 0.25) is 10.0 Å². The van der Waals surface area contributed by atoms with Gasteiger partial charge in [0.05, 0.1) is 12.8 Å². The lowest BCUT2D eigenvalue weighted by Crippen LogP contribution is -2.42. The maximum absolute atomic E-state index is 13.9. The Morgan fingerprint density at radius 2 is 1.67 bits per heavy atom. The lowest BCUT2D eigenvalue weighted by Gasteiger charge is -2.29. The fourth-order valence-electron chi connectivity index (χ4n) is 4.67. The second-order valence-electron chi connectivity index (χ2n) is 10.2. The summed E-state index contributed by atoms with van der Waals surface area (Å²) < 4.78 is 32.3. The quantitative estimate of drug-likeness (QED) is 0.161. The molecule has 3 aromatic carbocycles. The summed E-state index contributed by atoms with van der Waals surface area (Å²) in [6.07, 6.45) is 1.92. The van der Waals surface area contributed by atoms with Crippen molar-refractivity contribution in [1.82, 2.24) is 14.5 Å². The molecule has 1 aliphatic heterocycles. The van der Waals surface area contributed by atoms with Crippen molar-refractivity contribution in [3.8, 4) is 0 Å². The number of methoxy groups -OCH3 is 1. The zero-order valence-corrected chi connectivity index (χ0v) is 26.0. The van der Waals surface area contributed by atoms with Gasteiger partial charge in [-0.2, -0.15) is 4.31 Å². The molecule has 14 heteroatoms. The number of benzene rings is 3. The summed E-state index contributed by atoms with van der Waals surface area (Å²) in [5, 5.41) is 4.17. The highest BCUT2D eigenvalue weighted by Crippen LogP contribution is 2.25. The molecule has 0 saturated carbocycles. The molecule has 1 unspecified atom stereocenters. The van der Waals surface area contributed by atoms with Crippen LogP contribution in [0, 0.1) is 0 Å². The number of carbonyl (C=O) groups excluding carboxylic acids is 3. The maximum Gasteiger partial charge on any atom is 0.325 e.